The van der Waals surface area contributed by atoms with Crippen LogP contribution in [0.3, 0.4) is 0 Å². The molecule has 0 radical (unpaired) electrons. The molecule has 0 atom stereocenters. The molecule has 0 aliphatic rings. The molecule has 9 heteroatoms. The average Bonchev–Trinajstić information content (AvgIpc) is 3.15. The normalized spacial score (nSPS) is 10.8. The minimum atomic E-state index is -0.387. The summed E-state index contributed by atoms with van der Waals surface area (Å²) in [6.07, 6.45) is 2.76. The summed E-state index contributed by atoms with van der Waals surface area (Å²) in [4.78, 5) is 41.8. The molecule has 31 heavy (non-hydrogen) atoms. The largest absolute Gasteiger partial charge is 0.324 e. The van der Waals surface area contributed by atoms with Crippen molar-refractivity contribution in [2.75, 3.05) is 10.6 Å². The summed E-state index contributed by atoms with van der Waals surface area (Å²) in [6, 6.07) is 14.1. The Bertz CT molecular complexity index is 1340. The third kappa shape index (κ3) is 4.06. The highest BCUT2D eigenvalue weighted by atomic mass is 16.2. The van der Waals surface area contributed by atoms with E-state index in [0.29, 0.717) is 33.5 Å². The molecule has 4 rings (SSSR count). The molecule has 0 spiro atoms. The molecule has 0 saturated heterocycles. The number of fused-ring (bicyclic) bond motifs is 1. The van der Waals surface area contributed by atoms with Gasteiger partial charge in [-0.05, 0) is 36.8 Å². The van der Waals surface area contributed by atoms with Crippen LogP contribution in [0.5, 0.6) is 0 Å². The number of aryl methyl sites for hydroxylation is 1. The first-order valence-electron chi connectivity index (χ1n) is 9.57. The van der Waals surface area contributed by atoms with Crippen LogP contribution in [0.15, 0.2) is 65.8 Å². The van der Waals surface area contributed by atoms with Crippen LogP contribution in [0.2, 0.25) is 0 Å². The number of rotatable bonds is 5. The Balaban J connectivity index is 1.50. The molecule has 0 saturated carbocycles. The maximum absolute atomic E-state index is 12.6. The predicted molar refractivity (Wildman–Crippen MR) is 117 cm³/mol. The Labute approximate surface area is 177 Å². The molecule has 2 aromatic heterocycles. The molecule has 0 fully saturated rings. The molecule has 0 aliphatic carbocycles. The van der Waals surface area contributed by atoms with Gasteiger partial charge in [0.05, 0.1) is 6.20 Å². The van der Waals surface area contributed by atoms with Gasteiger partial charge in [-0.15, -0.1) is 0 Å². The number of carbonyl (C=O) groups excluding carboxylic acids is 2. The fourth-order valence-electron chi connectivity index (χ4n) is 3.21. The van der Waals surface area contributed by atoms with E-state index in [9.17, 15) is 14.4 Å². The second-order valence-corrected chi connectivity index (χ2v) is 7.03. The molecule has 2 aromatic carbocycles. The second kappa shape index (κ2) is 8.23. The van der Waals surface area contributed by atoms with Crippen molar-refractivity contribution >= 4 is 34.2 Å². The Hall–Kier alpha value is -4.27. The molecule has 9 nitrogen and oxygen atoms in total. The van der Waals surface area contributed by atoms with E-state index in [1.807, 2.05) is 6.07 Å². The zero-order valence-electron chi connectivity index (χ0n) is 17.0. The van der Waals surface area contributed by atoms with Crippen LogP contribution in [0, 0.1) is 6.92 Å². The van der Waals surface area contributed by atoms with Crippen molar-refractivity contribution in [1.29, 1.82) is 0 Å². The maximum Gasteiger partial charge on any atom is 0.264 e. The first-order chi connectivity index (χ1) is 14.9. The van der Waals surface area contributed by atoms with Gasteiger partial charge in [0.15, 0.2) is 5.65 Å². The third-order valence-corrected chi connectivity index (χ3v) is 4.92. The molecule has 2 amide bonds. The van der Waals surface area contributed by atoms with Gasteiger partial charge in [0.2, 0.25) is 5.91 Å². The first kappa shape index (κ1) is 20.0. The van der Waals surface area contributed by atoms with Gasteiger partial charge in [-0.2, -0.15) is 5.10 Å². The predicted octanol–water partition coefficient (Wildman–Crippen LogP) is 2.33. The van der Waals surface area contributed by atoms with Crippen molar-refractivity contribution in [3.05, 3.63) is 82.5 Å². The topological polar surface area (TPSA) is 111 Å². The minimum Gasteiger partial charge on any atom is -0.324 e. The third-order valence-electron chi connectivity index (χ3n) is 4.92. The Morgan fingerprint density at radius 3 is 2.45 bits per heavy atom. The number of nitrogens with one attached hydrogen (secondary N) is 2. The highest BCUT2D eigenvalue weighted by Gasteiger charge is 2.14. The fraction of sp³-hybridized carbons (Fsp3) is 0.136. The number of benzene rings is 2. The highest BCUT2D eigenvalue weighted by Crippen LogP contribution is 2.24. The lowest BCUT2D eigenvalue weighted by Crippen LogP contribution is -2.28. The van der Waals surface area contributed by atoms with Gasteiger partial charge in [-0.25, -0.2) is 4.98 Å². The number of hydrogen-bond acceptors (Lipinski definition) is 5. The average molecular weight is 416 g/mol. The van der Waals surface area contributed by atoms with Crippen LogP contribution in [-0.4, -0.2) is 31.1 Å². The lowest BCUT2D eigenvalue weighted by atomic mass is 10.1. The first-order valence-corrected chi connectivity index (χ1v) is 9.57. The number of anilines is 2. The summed E-state index contributed by atoms with van der Waals surface area (Å²) in [5.74, 6) is -0.628. The number of carbonyl (C=O) groups is 2. The maximum atomic E-state index is 12.6. The molecule has 2 heterocycles. The molecule has 0 unspecified atom stereocenters. The summed E-state index contributed by atoms with van der Waals surface area (Å²) in [5.41, 5.74) is 2.48. The van der Waals surface area contributed by atoms with Crippen molar-refractivity contribution in [1.82, 2.24) is 19.3 Å². The molecule has 4 aromatic rings. The molecule has 0 aliphatic heterocycles. The van der Waals surface area contributed by atoms with Gasteiger partial charge >= 0.3 is 0 Å². The SMILES string of the molecule is Cc1c(NC(=O)Cn2cnc3c(cnn3C)c2=O)cccc1NC(=O)c1ccccc1. The second-order valence-electron chi connectivity index (χ2n) is 7.03. The number of aromatic nitrogens is 4. The zero-order chi connectivity index (χ0) is 22.0. The van der Waals surface area contributed by atoms with Gasteiger partial charge in [0, 0.05) is 24.0 Å². The number of hydrogen-bond donors (Lipinski definition) is 2. The molecular weight excluding hydrogens is 396 g/mol. The monoisotopic (exact) mass is 416 g/mol. The fourth-order valence-corrected chi connectivity index (χ4v) is 3.21. The lowest BCUT2D eigenvalue weighted by molar-refractivity contribution is -0.116. The van der Waals surface area contributed by atoms with Gasteiger partial charge in [-0.1, -0.05) is 24.3 Å². The Kier molecular flexibility index (Phi) is 5.31. The number of nitrogens with zero attached hydrogens (tertiary/aromatic N) is 4. The van der Waals surface area contributed by atoms with Crippen LogP contribution >= 0.6 is 0 Å². The molecule has 2 N–H and O–H groups in total. The van der Waals surface area contributed by atoms with Gasteiger partial charge in [-0.3, -0.25) is 23.6 Å². The van der Waals surface area contributed by atoms with E-state index < -0.39 is 0 Å². The van der Waals surface area contributed by atoms with Gasteiger partial charge in [0.1, 0.15) is 18.3 Å². The van der Waals surface area contributed by atoms with Crippen LogP contribution in [0.1, 0.15) is 15.9 Å². The van der Waals surface area contributed by atoms with Gasteiger partial charge in [0.25, 0.3) is 11.5 Å². The molecular formula is C22H20N6O3. The minimum absolute atomic E-state index is 0.198. The lowest BCUT2D eigenvalue weighted by Gasteiger charge is -2.14. The summed E-state index contributed by atoms with van der Waals surface area (Å²) >= 11 is 0. The Morgan fingerprint density at radius 1 is 1.00 bits per heavy atom. The Morgan fingerprint density at radius 2 is 1.71 bits per heavy atom. The smallest absolute Gasteiger partial charge is 0.264 e. The van der Waals surface area contributed by atoms with E-state index >= 15 is 0 Å². The van der Waals surface area contributed by atoms with Crippen LogP contribution < -0.4 is 16.2 Å². The zero-order valence-corrected chi connectivity index (χ0v) is 17.0. The van der Waals surface area contributed by atoms with Crippen LogP contribution in [-0.2, 0) is 18.4 Å². The van der Waals surface area contributed by atoms with E-state index in [1.165, 1.54) is 21.8 Å². The standard InChI is InChI=1S/C22H20N6O3/c1-14-17(9-6-10-18(14)26-21(30)15-7-4-3-5-8-15)25-19(29)12-28-13-23-20-16(22(28)31)11-24-27(20)2/h3-11,13H,12H2,1-2H3,(H,25,29)(H,26,30). The van der Waals surface area contributed by atoms with Crippen molar-refractivity contribution in [2.45, 2.75) is 13.5 Å². The quantitative estimate of drug-likeness (QED) is 0.519. The van der Waals surface area contributed by atoms with E-state index in [1.54, 1.807) is 56.4 Å². The highest BCUT2D eigenvalue weighted by molar-refractivity contribution is 6.05. The van der Waals surface area contributed by atoms with E-state index in [2.05, 4.69) is 20.7 Å². The van der Waals surface area contributed by atoms with Crippen molar-refractivity contribution in [3.63, 3.8) is 0 Å². The molecule has 0 bridgehead atoms. The summed E-state index contributed by atoms with van der Waals surface area (Å²) in [5, 5.41) is 10.0. The van der Waals surface area contributed by atoms with Gasteiger partial charge < -0.3 is 10.6 Å². The van der Waals surface area contributed by atoms with E-state index in [0.717, 1.165) is 0 Å². The van der Waals surface area contributed by atoms with Crippen molar-refractivity contribution in [2.24, 2.45) is 7.05 Å². The van der Waals surface area contributed by atoms with E-state index in [-0.39, 0.29) is 23.9 Å². The van der Waals surface area contributed by atoms with Crippen LogP contribution in [0.25, 0.3) is 11.0 Å². The summed E-state index contributed by atoms with van der Waals surface area (Å²) in [6.45, 7) is 1.60. The van der Waals surface area contributed by atoms with E-state index in [4.69, 9.17) is 0 Å². The van der Waals surface area contributed by atoms with Crippen LogP contribution in [0.4, 0.5) is 11.4 Å². The molecule has 156 valence electrons. The van der Waals surface area contributed by atoms with Crippen molar-refractivity contribution in [3.8, 4) is 0 Å². The number of amides is 2. The van der Waals surface area contributed by atoms with Crippen molar-refractivity contribution < 1.29 is 9.59 Å². The summed E-state index contributed by atoms with van der Waals surface area (Å²) in [7, 11) is 1.69. The summed E-state index contributed by atoms with van der Waals surface area (Å²) < 4.78 is 2.73.